The Hall–Kier alpha value is -1.09. The van der Waals surface area contributed by atoms with Gasteiger partial charge in [0.25, 0.3) is 0 Å². The second-order valence-electron chi connectivity index (χ2n) is 4.87. The van der Waals surface area contributed by atoms with E-state index in [9.17, 15) is 9.50 Å². The van der Waals surface area contributed by atoms with Crippen LogP contribution in [0.1, 0.15) is 38.4 Å². The van der Waals surface area contributed by atoms with Crippen molar-refractivity contribution in [3.63, 3.8) is 0 Å². The minimum atomic E-state index is -0.614. The van der Waals surface area contributed by atoms with Crippen LogP contribution in [0.2, 0.25) is 0 Å². The molecule has 1 aromatic carbocycles. The lowest BCUT2D eigenvalue weighted by atomic mass is 10.1. The topological polar surface area (TPSA) is 23.5 Å². The van der Waals surface area contributed by atoms with Crippen molar-refractivity contribution in [2.24, 2.45) is 5.92 Å². The summed E-state index contributed by atoms with van der Waals surface area (Å²) in [6, 6.07) is 5.03. The molecular formula is C14H20FNO. The standard InChI is InChI=1S/C14H20FNO/c1-3-16(9-11-4-5-11)14-7-6-12(10(2)17)8-13(14)15/h6-8,10-11,17H,3-5,9H2,1-2H3/t10-/m1/s1. The van der Waals surface area contributed by atoms with Crippen LogP contribution in [0.25, 0.3) is 0 Å². The van der Waals surface area contributed by atoms with E-state index in [0.717, 1.165) is 19.0 Å². The minimum Gasteiger partial charge on any atom is -0.389 e. The zero-order valence-electron chi connectivity index (χ0n) is 10.5. The molecule has 2 nitrogen and oxygen atoms in total. The fourth-order valence-corrected chi connectivity index (χ4v) is 2.05. The first-order valence-electron chi connectivity index (χ1n) is 6.34. The Morgan fingerprint density at radius 3 is 2.65 bits per heavy atom. The number of nitrogens with zero attached hydrogens (tertiary/aromatic N) is 1. The van der Waals surface area contributed by atoms with Crippen LogP contribution in [-0.4, -0.2) is 18.2 Å². The first-order chi connectivity index (χ1) is 8.11. The number of aliphatic hydroxyl groups excluding tert-OH is 1. The first kappa shape index (κ1) is 12.4. The van der Waals surface area contributed by atoms with Crippen LogP contribution < -0.4 is 4.90 Å². The summed E-state index contributed by atoms with van der Waals surface area (Å²) in [5, 5.41) is 9.41. The van der Waals surface area contributed by atoms with Crippen molar-refractivity contribution in [3.8, 4) is 0 Å². The lowest BCUT2D eigenvalue weighted by molar-refractivity contribution is 0.199. The van der Waals surface area contributed by atoms with Crippen LogP contribution >= 0.6 is 0 Å². The lowest BCUT2D eigenvalue weighted by Crippen LogP contribution is -2.26. The van der Waals surface area contributed by atoms with Crippen molar-refractivity contribution >= 4 is 5.69 Å². The Labute approximate surface area is 102 Å². The predicted molar refractivity (Wildman–Crippen MR) is 67.6 cm³/mol. The van der Waals surface area contributed by atoms with Gasteiger partial charge in [-0.3, -0.25) is 0 Å². The molecule has 1 saturated carbocycles. The average molecular weight is 237 g/mol. The number of anilines is 1. The zero-order valence-corrected chi connectivity index (χ0v) is 10.5. The molecule has 0 aromatic heterocycles. The molecule has 1 atom stereocenters. The van der Waals surface area contributed by atoms with Gasteiger partial charge in [-0.2, -0.15) is 0 Å². The largest absolute Gasteiger partial charge is 0.389 e. The van der Waals surface area contributed by atoms with Crippen LogP contribution in [0.3, 0.4) is 0 Å². The molecule has 1 N–H and O–H groups in total. The quantitative estimate of drug-likeness (QED) is 0.850. The third-order valence-corrected chi connectivity index (χ3v) is 3.35. The van der Waals surface area contributed by atoms with E-state index in [0.29, 0.717) is 11.3 Å². The zero-order chi connectivity index (χ0) is 12.4. The van der Waals surface area contributed by atoms with Crippen LogP contribution in [-0.2, 0) is 0 Å². The first-order valence-corrected chi connectivity index (χ1v) is 6.34. The Balaban J connectivity index is 2.17. The van der Waals surface area contributed by atoms with E-state index in [1.807, 2.05) is 6.92 Å². The van der Waals surface area contributed by atoms with Crippen molar-refractivity contribution in [1.29, 1.82) is 0 Å². The van der Waals surface area contributed by atoms with E-state index in [2.05, 4.69) is 4.90 Å². The monoisotopic (exact) mass is 237 g/mol. The summed E-state index contributed by atoms with van der Waals surface area (Å²) in [7, 11) is 0. The summed E-state index contributed by atoms with van der Waals surface area (Å²) in [4.78, 5) is 2.08. The van der Waals surface area contributed by atoms with Gasteiger partial charge in [-0.05, 0) is 50.3 Å². The Kier molecular flexibility index (Phi) is 3.67. The van der Waals surface area contributed by atoms with Crippen molar-refractivity contribution in [1.82, 2.24) is 0 Å². The van der Waals surface area contributed by atoms with Gasteiger partial charge >= 0.3 is 0 Å². The highest BCUT2D eigenvalue weighted by atomic mass is 19.1. The highest BCUT2D eigenvalue weighted by Gasteiger charge is 2.25. The van der Waals surface area contributed by atoms with E-state index >= 15 is 0 Å². The predicted octanol–water partition coefficient (Wildman–Crippen LogP) is 3.12. The highest BCUT2D eigenvalue weighted by molar-refractivity contribution is 5.49. The van der Waals surface area contributed by atoms with Crippen molar-refractivity contribution in [2.75, 3.05) is 18.0 Å². The second kappa shape index (κ2) is 5.05. The molecule has 2 rings (SSSR count). The van der Waals surface area contributed by atoms with Crippen molar-refractivity contribution < 1.29 is 9.50 Å². The van der Waals surface area contributed by atoms with E-state index < -0.39 is 6.10 Å². The number of hydrogen-bond donors (Lipinski definition) is 1. The van der Waals surface area contributed by atoms with Gasteiger partial charge in [0, 0.05) is 13.1 Å². The average Bonchev–Trinajstić information content (AvgIpc) is 3.10. The molecule has 0 heterocycles. The van der Waals surface area contributed by atoms with Gasteiger partial charge < -0.3 is 10.0 Å². The number of rotatable bonds is 5. The van der Waals surface area contributed by atoms with Gasteiger partial charge in [0.05, 0.1) is 11.8 Å². The molecule has 0 saturated heterocycles. The molecule has 17 heavy (non-hydrogen) atoms. The Bertz CT molecular complexity index is 388. The molecule has 0 spiro atoms. The number of benzene rings is 1. The molecule has 1 aliphatic rings. The SMILES string of the molecule is CCN(CC1CC1)c1ccc([C@@H](C)O)cc1F. The van der Waals surface area contributed by atoms with Gasteiger partial charge in [0.2, 0.25) is 0 Å². The summed E-state index contributed by atoms with van der Waals surface area (Å²) in [5.41, 5.74) is 1.29. The van der Waals surface area contributed by atoms with E-state index in [1.165, 1.54) is 18.9 Å². The Morgan fingerprint density at radius 1 is 1.47 bits per heavy atom. The maximum atomic E-state index is 14.0. The van der Waals surface area contributed by atoms with Crippen LogP contribution in [0, 0.1) is 11.7 Å². The lowest BCUT2D eigenvalue weighted by Gasteiger charge is -2.24. The number of hydrogen-bond acceptors (Lipinski definition) is 2. The highest BCUT2D eigenvalue weighted by Crippen LogP contribution is 2.32. The summed E-state index contributed by atoms with van der Waals surface area (Å²) >= 11 is 0. The summed E-state index contributed by atoms with van der Waals surface area (Å²) < 4.78 is 14.0. The smallest absolute Gasteiger partial charge is 0.146 e. The maximum Gasteiger partial charge on any atom is 0.146 e. The van der Waals surface area contributed by atoms with Gasteiger partial charge in [-0.15, -0.1) is 0 Å². The molecular weight excluding hydrogens is 217 g/mol. The summed E-state index contributed by atoms with van der Waals surface area (Å²) in [6.45, 7) is 5.46. The fourth-order valence-electron chi connectivity index (χ4n) is 2.05. The fraction of sp³-hybridized carbons (Fsp3) is 0.571. The molecule has 0 amide bonds. The molecule has 1 fully saturated rings. The molecule has 1 aromatic rings. The normalized spacial score (nSPS) is 16.9. The molecule has 0 unspecified atom stereocenters. The number of halogens is 1. The molecule has 3 heteroatoms. The van der Waals surface area contributed by atoms with E-state index in [-0.39, 0.29) is 5.82 Å². The minimum absolute atomic E-state index is 0.231. The van der Waals surface area contributed by atoms with Crippen molar-refractivity contribution in [2.45, 2.75) is 32.8 Å². The second-order valence-corrected chi connectivity index (χ2v) is 4.87. The van der Waals surface area contributed by atoms with Gasteiger partial charge in [0.15, 0.2) is 0 Å². The Morgan fingerprint density at radius 2 is 2.18 bits per heavy atom. The van der Waals surface area contributed by atoms with Crippen LogP contribution in [0.15, 0.2) is 18.2 Å². The molecule has 0 bridgehead atoms. The number of aliphatic hydroxyl groups is 1. The summed E-state index contributed by atoms with van der Waals surface area (Å²) in [5.74, 6) is 0.511. The molecule has 0 aliphatic heterocycles. The van der Waals surface area contributed by atoms with E-state index in [4.69, 9.17) is 0 Å². The van der Waals surface area contributed by atoms with Gasteiger partial charge in [0.1, 0.15) is 5.82 Å². The molecule has 94 valence electrons. The maximum absolute atomic E-state index is 14.0. The van der Waals surface area contributed by atoms with Crippen LogP contribution in [0.5, 0.6) is 0 Å². The third-order valence-electron chi connectivity index (χ3n) is 3.35. The van der Waals surface area contributed by atoms with Gasteiger partial charge in [-0.25, -0.2) is 4.39 Å². The van der Waals surface area contributed by atoms with Gasteiger partial charge in [-0.1, -0.05) is 6.07 Å². The van der Waals surface area contributed by atoms with Crippen LogP contribution in [0.4, 0.5) is 10.1 Å². The van der Waals surface area contributed by atoms with E-state index in [1.54, 1.807) is 19.1 Å². The van der Waals surface area contributed by atoms with Crippen molar-refractivity contribution in [3.05, 3.63) is 29.6 Å². The summed E-state index contributed by atoms with van der Waals surface area (Å²) in [6.07, 6.45) is 1.92. The molecule has 1 aliphatic carbocycles. The molecule has 0 radical (unpaired) electrons. The third kappa shape index (κ3) is 2.97.